The summed E-state index contributed by atoms with van der Waals surface area (Å²) in [6, 6.07) is -0.905. The smallest absolute Gasteiger partial charge is 0.268 e. The summed E-state index contributed by atoms with van der Waals surface area (Å²) < 4.78 is 23.4. The molecule has 0 spiro atoms. The second-order valence-corrected chi connectivity index (χ2v) is 25.9. The molecule has 0 fully saturated rings. The second kappa shape index (κ2) is 60.1. The predicted octanol–water partition coefficient (Wildman–Crippen LogP) is 20.8. The maximum atomic E-state index is 13.0. The first-order valence-electron chi connectivity index (χ1n) is 34.0. The van der Waals surface area contributed by atoms with Gasteiger partial charge in [-0.25, -0.2) is 0 Å². The van der Waals surface area contributed by atoms with E-state index in [4.69, 9.17) is 9.05 Å². The molecule has 78 heavy (non-hydrogen) atoms. The Balaban J connectivity index is 4.11. The number of nitrogens with zero attached hydrogens (tertiary/aromatic N) is 1. The first kappa shape index (κ1) is 76.5. The van der Waals surface area contributed by atoms with E-state index >= 15 is 0 Å². The molecular weight excluding hydrogens is 984 g/mol. The van der Waals surface area contributed by atoms with Crippen molar-refractivity contribution in [2.75, 3.05) is 40.9 Å². The first-order chi connectivity index (χ1) is 38.0. The molecule has 0 aromatic heterocycles. The summed E-state index contributed by atoms with van der Waals surface area (Å²) in [4.78, 5) is 25.6. The van der Waals surface area contributed by atoms with Gasteiger partial charge in [0.2, 0.25) is 5.91 Å². The highest BCUT2D eigenvalue weighted by Crippen LogP contribution is 2.38. The van der Waals surface area contributed by atoms with Gasteiger partial charge < -0.3 is 28.8 Å². The number of hydrogen-bond donors (Lipinski definition) is 2. The number of phosphoric ester groups is 1. The van der Waals surface area contributed by atoms with Crippen molar-refractivity contribution < 1.29 is 32.9 Å². The Morgan fingerprint density at radius 1 is 0.449 bits per heavy atom. The SMILES string of the molecule is CCCCCCC/C=C\C/C=C\CCCCCCCCCCCCCCCCCCCC(=O)NC(COP(=O)([O-])OCC[N+](C)(C)C)C(O)/C=C/CC/C=C/CCCCCCCCCCCCCCCCCCCCCCC. The lowest BCUT2D eigenvalue weighted by Crippen LogP contribution is -2.45. The number of carbonyl (C=O) groups excluding carboxylic acids is 1. The van der Waals surface area contributed by atoms with Gasteiger partial charge in [-0.1, -0.05) is 313 Å². The molecule has 0 aliphatic heterocycles. The molecule has 0 radical (unpaired) electrons. The summed E-state index contributed by atoms with van der Waals surface area (Å²) in [5.41, 5.74) is 0. The lowest BCUT2D eigenvalue weighted by atomic mass is 10.0. The van der Waals surface area contributed by atoms with E-state index in [1.165, 1.54) is 270 Å². The van der Waals surface area contributed by atoms with E-state index < -0.39 is 26.6 Å². The molecule has 0 aliphatic rings. The van der Waals surface area contributed by atoms with Crippen LogP contribution in [0.3, 0.4) is 0 Å². The van der Waals surface area contributed by atoms with Crippen LogP contribution in [0.15, 0.2) is 48.6 Å². The summed E-state index contributed by atoms with van der Waals surface area (Å²) in [5, 5.41) is 13.9. The monoisotopic (exact) mass is 1120 g/mol. The van der Waals surface area contributed by atoms with Crippen LogP contribution in [0.2, 0.25) is 0 Å². The minimum Gasteiger partial charge on any atom is -0.756 e. The highest BCUT2D eigenvalue weighted by molar-refractivity contribution is 7.45. The highest BCUT2D eigenvalue weighted by atomic mass is 31.2. The fraction of sp³-hybridized carbons (Fsp3) is 0.870. The number of quaternary nitrogens is 1. The van der Waals surface area contributed by atoms with Crippen molar-refractivity contribution in [1.29, 1.82) is 0 Å². The molecule has 0 heterocycles. The Hall–Kier alpha value is -1.54. The summed E-state index contributed by atoms with van der Waals surface area (Å²) in [6.45, 7) is 4.67. The fourth-order valence-electron chi connectivity index (χ4n) is 10.2. The van der Waals surface area contributed by atoms with Crippen LogP contribution in [0.5, 0.6) is 0 Å². The number of unbranched alkanes of at least 4 members (excludes halogenated alkanes) is 44. The molecule has 0 aliphatic carbocycles. The number of likely N-dealkylation sites (N-methyl/N-ethyl adjacent to an activating group) is 1. The zero-order valence-electron chi connectivity index (χ0n) is 52.6. The molecule has 0 aromatic carbocycles. The standard InChI is InChI=1S/C69H133N2O6P/c1-6-8-10-12-14-16-18-20-22-24-26-28-30-32-34-35-37-39-41-43-45-47-49-51-53-55-57-59-61-63-69(73)70-67(66-77-78(74,75)76-65-64-71(3,4)5)68(72)62-60-58-56-54-52-50-48-46-44-42-40-38-36-33-31-29-27-25-23-21-19-17-15-13-11-9-7-2/h18,20,24,26,52,54,60,62,67-68,72H,6-17,19,21-23,25,27-51,53,55-59,61,63-66H2,1-5H3,(H-,70,73,74,75)/b20-18-,26-24-,54-52+,62-60+. The number of rotatable bonds is 63. The predicted molar refractivity (Wildman–Crippen MR) is 339 cm³/mol. The van der Waals surface area contributed by atoms with E-state index in [0.29, 0.717) is 17.4 Å². The van der Waals surface area contributed by atoms with E-state index in [1.807, 2.05) is 27.2 Å². The number of amides is 1. The third-order valence-corrected chi connectivity index (χ3v) is 16.5. The Morgan fingerprint density at radius 2 is 0.756 bits per heavy atom. The van der Waals surface area contributed by atoms with Crippen LogP contribution in [0.4, 0.5) is 0 Å². The largest absolute Gasteiger partial charge is 0.756 e. The molecule has 0 saturated heterocycles. The molecule has 0 bridgehead atoms. The topological polar surface area (TPSA) is 108 Å². The Bertz CT molecular complexity index is 1410. The lowest BCUT2D eigenvalue weighted by Gasteiger charge is -2.29. The Kier molecular flexibility index (Phi) is 58.9. The maximum absolute atomic E-state index is 13.0. The van der Waals surface area contributed by atoms with Gasteiger partial charge >= 0.3 is 0 Å². The third-order valence-electron chi connectivity index (χ3n) is 15.5. The number of aliphatic hydroxyl groups excluding tert-OH is 1. The molecule has 2 N–H and O–H groups in total. The van der Waals surface area contributed by atoms with Crippen LogP contribution >= 0.6 is 7.82 Å². The average Bonchev–Trinajstić information content (AvgIpc) is 3.41. The van der Waals surface area contributed by atoms with Gasteiger partial charge in [-0.15, -0.1) is 0 Å². The van der Waals surface area contributed by atoms with Crippen LogP contribution in [0.1, 0.15) is 335 Å². The Labute approximate surface area is 486 Å². The zero-order chi connectivity index (χ0) is 57.0. The maximum Gasteiger partial charge on any atom is 0.268 e. The number of nitrogens with one attached hydrogen (secondary N) is 1. The van der Waals surface area contributed by atoms with Crippen LogP contribution in [-0.4, -0.2) is 68.5 Å². The summed E-state index contributed by atoms with van der Waals surface area (Å²) >= 11 is 0. The van der Waals surface area contributed by atoms with Gasteiger partial charge in [-0.3, -0.25) is 9.36 Å². The third kappa shape index (κ3) is 62.1. The van der Waals surface area contributed by atoms with Gasteiger partial charge in [0.25, 0.3) is 7.82 Å². The summed E-state index contributed by atoms with van der Waals surface area (Å²) in [6.07, 6.45) is 80.9. The van der Waals surface area contributed by atoms with Crippen molar-refractivity contribution in [3.8, 4) is 0 Å². The molecule has 0 aromatic rings. The van der Waals surface area contributed by atoms with Gasteiger partial charge in [0, 0.05) is 6.42 Å². The minimum atomic E-state index is -4.61. The molecule has 460 valence electrons. The molecular formula is C69H133N2O6P. The minimum absolute atomic E-state index is 0.00566. The van der Waals surface area contributed by atoms with Gasteiger partial charge in [-0.05, 0) is 64.2 Å². The normalized spacial score (nSPS) is 14.0. The van der Waals surface area contributed by atoms with E-state index in [1.54, 1.807) is 6.08 Å². The van der Waals surface area contributed by atoms with E-state index in [2.05, 4.69) is 55.6 Å². The molecule has 3 atom stereocenters. The lowest BCUT2D eigenvalue weighted by molar-refractivity contribution is -0.870. The number of carbonyl (C=O) groups is 1. The molecule has 1 amide bonds. The molecule has 8 nitrogen and oxygen atoms in total. The van der Waals surface area contributed by atoms with E-state index in [0.717, 1.165) is 44.9 Å². The summed E-state index contributed by atoms with van der Waals surface area (Å²) in [7, 11) is 1.26. The van der Waals surface area contributed by atoms with Crippen molar-refractivity contribution in [3.63, 3.8) is 0 Å². The van der Waals surface area contributed by atoms with Crippen LogP contribution in [-0.2, 0) is 18.4 Å². The highest BCUT2D eigenvalue weighted by Gasteiger charge is 2.23. The van der Waals surface area contributed by atoms with Crippen molar-refractivity contribution in [3.05, 3.63) is 48.6 Å². The number of hydrogen-bond acceptors (Lipinski definition) is 6. The van der Waals surface area contributed by atoms with Crippen molar-refractivity contribution in [2.45, 2.75) is 347 Å². The second-order valence-electron chi connectivity index (χ2n) is 24.5. The van der Waals surface area contributed by atoms with Crippen LogP contribution in [0.25, 0.3) is 0 Å². The van der Waals surface area contributed by atoms with E-state index in [-0.39, 0.29) is 12.5 Å². The fourth-order valence-corrected chi connectivity index (χ4v) is 10.9. The number of allylic oxidation sites excluding steroid dienone is 7. The molecule has 0 rings (SSSR count). The van der Waals surface area contributed by atoms with Crippen molar-refractivity contribution in [1.82, 2.24) is 5.32 Å². The van der Waals surface area contributed by atoms with Gasteiger partial charge in [0.1, 0.15) is 13.2 Å². The van der Waals surface area contributed by atoms with Gasteiger partial charge in [0.05, 0.1) is 39.9 Å². The van der Waals surface area contributed by atoms with Gasteiger partial charge in [-0.2, -0.15) is 0 Å². The quantitative estimate of drug-likeness (QED) is 0.0272. The van der Waals surface area contributed by atoms with Crippen molar-refractivity contribution in [2.24, 2.45) is 0 Å². The number of aliphatic hydroxyl groups is 1. The van der Waals surface area contributed by atoms with E-state index in [9.17, 15) is 19.4 Å². The average molecular weight is 1120 g/mol. The molecule has 3 unspecified atom stereocenters. The first-order valence-corrected chi connectivity index (χ1v) is 35.5. The zero-order valence-corrected chi connectivity index (χ0v) is 53.5. The van der Waals surface area contributed by atoms with Crippen LogP contribution in [0, 0.1) is 0 Å². The molecule has 9 heteroatoms. The molecule has 0 saturated carbocycles. The van der Waals surface area contributed by atoms with Crippen LogP contribution < -0.4 is 10.2 Å². The summed E-state index contributed by atoms with van der Waals surface area (Å²) in [5.74, 6) is -0.202. The van der Waals surface area contributed by atoms with Gasteiger partial charge in [0.15, 0.2) is 0 Å². The number of phosphoric acid groups is 1. The van der Waals surface area contributed by atoms with Crippen molar-refractivity contribution >= 4 is 13.7 Å². The Morgan fingerprint density at radius 3 is 1.12 bits per heavy atom.